The number of nitrogens with zero attached hydrogens (tertiary/aromatic N) is 2. The lowest BCUT2D eigenvalue weighted by molar-refractivity contribution is -0.124. The third-order valence-corrected chi connectivity index (χ3v) is 3.91. The lowest BCUT2D eigenvalue weighted by atomic mass is 10.1. The van der Waals surface area contributed by atoms with Crippen LogP contribution in [0.3, 0.4) is 0 Å². The molecule has 5 nitrogen and oxygen atoms in total. The van der Waals surface area contributed by atoms with Crippen LogP contribution >= 0.6 is 0 Å². The molecule has 5 heteroatoms. The highest BCUT2D eigenvalue weighted by Gasteiger charge is 2.24. The van der Waals surface area contributed by atoms with E-state index in [4.69, 9.17) is 4.42 Å². The zero-order chi connectivity index (χ0) is 13.8. The van der Waals surface area contributed by atoms with Crippen molar-refractivity contribution in [3.63, 3.8) is 0 Å². The van der Waals surface area contributed by atoms with Gasteiger partial charge in [-0.3, -0.25) is 9.48 Å². The summed E-state index contributed by atoms with van der Waals surface area (Å²) in [5, 5.41) is 7.29. The van der Waals surface area contributed by atoms with Gasteiger partial charge in [0.15, 0.2) is 0 Å². The van der Waals surface area contributed by atoms with Gasteiger partial charge in [0.25, 0.3) is 0 Å². The Bertz CT molecular complexity index is 493. The van der Waals surface area contributed by atoms with Crippen LogP contribution in [0.1, 0.15) is 37.5 Å². The highest BCUT2D eigenvalue weighted by molar-refractivity contribution is 5.78. The number of aromatic nitrogens is 2. The second-order valence-electron chi connectivity index (χ2n) is 5.24. The van der Waals surface area contributed by atoms with E-state index in [9.17, 15) is 4.79 Å². The molecule has 106 valence electrons. The maximum atomic E-state index is 12.1. The van der Waals surface area contributed by atoms with Crippen molar-refractivity contribution in [2.75, 3.05) is 6.54 Å². The van der Waals surface area contributed by atoms with Gasteiger partial charge in [-0.15, -0.1) is 0 Å². The van der Waals surface area contributed by atoms with Crippen LogP contribution in [0.5, 0.6) is 0 Å². The summed E-state index contributed by atoms with van der Waals surface area (Å²) in [6.45, 7) is 0.504. The highest BCUT2D eigenvalue weighted by atomic mass is 16.3. The standard InChI is InChI=1S/C15H19N3O2/c19-15(12-5-1-2-6-12)16-11-13(14-7-3-10-20-14)18-9-4-8-17-18/h3-4,7-10,12-13H,1-2,5-6,11H2,(H,16,19). The van der Waals surface area contributed by atoms with E-state index in [0.717, 1.165) is 18.6 Å². The van der Waals surface area contributed by atoms with Crippen LogP contribution in [-0.4, -0.2) is 22.2 Å². The Morgan fingerprint density at radius 2 is 2.30 bits per heavy atom. The minimum Gasteiger partial charge on any atom is -0.467 e. The van der Waals surface area contributed by atoms with Crippen molar-refractivity contribution in [1.82, 2.24) is 15.1 Å². The zero-order valence-corrected chi connectivity index (χ0v) is 11.4. The largest absolute Gasteiger partial charge is 0.467 e. The molecule has 1 aliphatic rings. The van der Waals surface area contributed by atoms with Crippen molar-refractivity contribution in [3.05, 3.63) is 42.6 Å². The van der Waals surface area contributed by atoms with E-state index in [1.807, 2.05) is 29.1 Å². The topological polar surface area (TPSA) is 60.1 Å². The molecule has 0 radical (unpaired) electrons. The number of carbonyl (C=O) groups is 1. The lowest BCUT2D eigenvalue weighted by Gasteiger charge is -2.17. The van der Waals surface area contributed by atoms with Crippen LogP contribution < -0.4 is 5.32 Å². The molecule has 0 saturated heterocycles. The van der Waals surface area contributed by atoms with E-state index < -0.39 is 0 Å². The molecule has 1 aliphatic carbocycles. The average molecular weight is 273 g/mol. The van der Waals surface area contributed by atoms with E-state index in [0.29, 0.717) is 6.54 Å². The summed E-state index contributed by atoms with van der Waals surface area (Å²) >= 11 is 0. The summed E-state index contributed by atoms with van der Waals surface area (Å²) in [4.78, 5) is 12.1. The first-order chi connectivity index (χ1) is 9.84. The predicted octanol–water partition coefficient (Wildman–Crippen LogP) is 2.37. The van der Waals surface area contributed by atoms with E-state index >= 15 is 0 Å². The van der Waals surface area contributed by atoms with Gasteiger partial charge in [0.2, 0.25) is 5.91 Å². The SMILES string of the molecule is O=C(NCC(c1ccco1)n1cccn1)C1CCCC1. The van der Waals surface area contributed by atoms with Crippen molar-refractivity contribution < 1.29 is 9.21 Å². The van der Waals surface area contributed by atoms with Crippen LogP contribution in [0.15, 0.2) is 41.3 Å². The zero-order valence-electron chi connectivity index (χ0n) is 11.4. The first-order valence-corrected chi connectivity index (χ1v) is 7.15. The van der Waals surface area contributed by atoms with Crippen molar-refractivity contribution in [2.24, 2.45) is 5.92 Å². The first kappa shape index (κ1) is 13.0. The number of carbonyl (C=O) groups excluding carboxylic acids is 1. The molecule has 0 aliphatic heterocycles. The fraction of sp³-hybridized carbons (Fsp3) is 0.467. The number of amides is 1. The molecule has 20 heavy (non-hydrogen) atoms. The third kappa shape index (κ3) is 2.76. The molecule has 1 N–H and O–H groups in total. The molecule has 1 amide bonds. The van der Waals surface area contributed by atoms with Gasteiger partial charge in [-0.05, 0) is 31.0 Å². The average Bonchev–Trinajstić information content (AvgIpc) is 3.22. The summed E-state index contributed by atoms with van der Waals surface area (Å²) in [7, 11) is 0. The van der Waals surface area contributed by atoms with E-state index in [1.54, 1.807) is 12.5 Å². The minimum atomic E-state index is -0.0923. The molecule has 1 fully saturated rings. The van der Waals surface area contributed by atoms with Crippen LogP contribution in [0, 0.1) is 5.92 Å². The minimum absolute atomic E-state index is 0.0923. The van der Waals surface area contributed by atoms with E-state index in [2.05, 4.69) is 10.4 Å². The normalized spacial score (nSPS) is 17.2. The van der Waals surface area contributed by atoms with Gasteiger partial charge < -0.3 is 9.73 Å². The van der Waals surface area contributed by atoms with Crippen LogP contribution in [-0.2, 0) is 4.79 Å². The van der Waals surface area contributed by atoms with Gasteiger partial charge in [0, 0.05) is 24.9 Å². The van der Waals surface area contributed by atoms with Crippen LogP contribution in [0.2, 0.25) is 0 Å². The van der Waals surface area contributed by atoms with Crippen LogP contribution in [0.4, 0.5) is 0 Å². The molecule has 0 bridgehead atoms. The van der Waals surface area contributed by atoms with Crippen LogP contribution in [0.25, 0.3) is 0 Å². The molecule has 0 aromatic carbocycles. The molecule has 1 atom stereocenters. The third-order valence-electron chi connectivity index (χ3n) is 3.91. The molecular weight excluding hydrogens is 254 g/mol. The molecule has 1 unspecified atom stereocenters. The molecule has 2 heterocycles. The Morgan fingerprint density at radius 3 is 2.95 bits per heavy atom. The van der Waals surface area contributed by atoms with Gasteiger partial charge in [0.05, 0.1) is 6.26 Å². The maximum Gasteiger partial charge on any atom is 0.223 e. The highest BCUT2D eigenvalue weighted by Crippen LogP contribution is 2.25. The van der Waals surface area contributed by atoms with Crippen molar-refractivity contribution in [3.8, 4) is 0 Å². The molecule has 2 aromatic heterocycles. The molecule has 3 rings (SSSR count). The first-order valence-electron chi connectivity index (χ1n) is 7.15. The summed E-state index contributed by atoms with van der Waals surface area (Å²) in [5.74, 6) is 1.15. The smallest absolute Gasteiger partial charge is 0.223 e. The van der Waals surface area contributed by atoms with Crippen molar-refractivity contribution in [2.45, 2.75) is 31.7 Å². The Kier molecular flexibility index (Phi) is 3.85. The predicted molar refractivity (Wildman–Crippen MR) is 74.0 cm³/mol. The van der Waals surface area contributed by atoms with E-state index in [1.165, 1.54) is 12.8 Å². The van der Waals surface area contributed by atoms with Gasteiger partial charge in [-0.1, -0.05) is 12.8 Å². The monoisotopic (exact) mass is 273 g/mol. The van der Waals surface area contributed by atoms with Crippen molar-refractivity contribution in [1.29, 1.82) is 0 Å². The number of nitrogens with one attached hydrogen (secondary N) is 1. The molecule has 0 spiro atoms. The van der Waals surface area contributed by atoms with Gasteiger partial charge >= 0.3 is 0 Å². The Labute approximate surface area is 118 Å². The van der Waals surface area contributed by atoms with Gasteiger partial charge in [-0.2, -0.15) is 5.10 Å². The Hall–Kier alpha value is -2.04. The second kappa shape index (κ2) is 5.94. The number of hydrogen-bond acceptors (Lipinski definition) is 3. The number of furan rings is 1. The Morgan fingerprint density at radius 1 is 1.45 bits per heavy atom. The molecule has 1 saturated carbocycles. The number of hydrogen-bond donors (Lipinski definition) is 1. The second-order valence-corrected chi connectivity index (χ2v) is 5.24. The van der Waals surface area contributed by atoms with E-state index in [-0.39, 0.29) is 17.9 Å². The van der Waals surface area contributed by atoms with Crippen molar-refractivity contribution >= 4 is 5.91 Å². The quantitative estimate of drug-likeness (QED) is 0.909. The molecule has 2 aromatic rings. The summed E-state index contributed by atoms with van der Waals surface area (Å²) in [5.41, 5.74) is 0. The van der Waals surface area contributed by atoms with Gasteiger partial charge in [-0.25, -0.2) is 0 Å². The summed E-state index contributed by atoms with van der Waals surface area (Å²) in [6.07, 6.45) is 9.62. The maximum absolute atomic E-state index is 12.1. The molecular formula is C15H19N3O2. The van der Waals surface area contributed by atoms with Gasteiger partial charge in [0.1, 0.15) is 11.8 Å². The fourth-order valence-corrected chi connectivity index (χ4v) is 2.80. The number of rotatable bonds is 5. The lowest BCUT2D eigenvalue weighted by Crippen LogP contribution is -2.34. The summed E-state index contributed by atoms with van der Waals surface area (Å²) in [6, 6.07) is 5.54. The summed E-state index contributed by atoms with van der Waals surface area (Å²) < 4.78 is 7.28. The Balaban J connectivity index is 1.66. The fourth-order valence-electron chi connectivity index (χ4n) is 2.80.